The van der Waals surface area contributed by atoms with Gasteiger partial charge in [0.05, 0.1) is 23.1 Å². The summed E-state index contributed by atoms with van der Waals surface area (Å²) in [6.45, 7) is 3.62. The van der Waals surface area contributed by atoms with E-state index in [0.29, 0.717) is 40.0 Å². The second-order valence-electron chi connectivity index (χ2n) is 8.99. The van der Waals surface area contributed by atoms with Gasteiger partial charge >= 0.3 is 5.97 Å². The molecular formula is C25H28N6O4. The van der Waals surface area contributed by atoms with Crippen LogP contribution in [-0.2, 0) is 4.74 Å². The van der Waals surface area contributed by atoms with E-state index in [9.17, 15) is 14.9 Å². The molecule has 0 unspecified atom stereocenters. The Kier molecular flexibility index (Phi) is 6.45. The number of nitro benzene ring substituents is 1. The lowest BCUT2D eigenvalue weighted by Gasteiger charge is -2.38. The number of fused-ring (bicyclic) bond motifs is 1. The highest BCUT2D eigenvalue weighted by Gasteiger charge is 2.27. The van der Waals surface area contributed by atoms with E-state index in [1.54, 1.807) is 30.3 Å². The number of nitrogens with zero attached hydrogens (tertiary/aromatic N) is 5. The van der Waals surface area contributed by atoms with Crippen molar-refractivity contribution in [1.82, 2.24) is 14.9 Å². The summed E-state index contributed by atoms with van der Waals surface area (Å²) in [5.74, 6) is 0.669. The van der Waals surface area contributed by atoms with Crippen LogP contribution in [0.15, 0.2) is 42.5 Å². The number of carbonyl (C=O) groups excluding carboxylic acids is 1. The van der Waals surface area contributed by atoms with Crippen molar-refractivity contribution in [2.45, 2.75) is 31.7 Å². The summed E-state index contributed by atoms with van der Waals surface area (Å²) < 4.78 is 4.76. The third kappa shape index (κ3) is 4.88. The zero-order valence-electron chi connectivity index (χ0n) is 19.6. The van der Waals surface area contributed by atoms with Gasteiger partial charge in [-0.3, -0.25) is 15.0 Å². The zero-order valence-corrected chi connectivity index (χ0v) is 19.6. The van der Waals surface area contributed by atoms with Gasteiger partial charge in [-0.15, -0.1) is 0 Å². The summed E-state index contributed by atoms with van der Waals surface area (Å²) in [5, 5.41) is 15.2. The lowest BCUT2D eigenvalue weighted by Crippen LogP contribution is -2.50. The smallest absolute Gasteiger partial charge is 0.337 e. The minimum Gasteiger partial charge on any atom is -0.465 e. The molecular weight excluding hydrogens is 448 g/mol. The van der Waals surface area contributed by atoms with E-state index < -0.39 is 10.9 Å². The van der Waals surface area contributed by atoms with E-state index in [4.69, 9.17) is 14.7 Å². The van der Waals surface area contributed by atoms with Crippen molar-refractivity contribution in [1.29, 1.82) is 0 Å². The van der Waals surface area contributed by atoms with Gasteiger partial charge in [-0.05, 0) is 43.2 Å². The molecule has 0 spiro atoms. The Bertz CT molecular complexity index is 1230. The Morgan fingerprint density at radius 1 is 1.06 bits per heavy atom. The van der Waals surface area contributed by atoms with Crippen LogP contribution in [0.1, 0.15) is 36.0 Å². The first-order chi connectivity index (χ1) is 17.0. The third-order valence-corrected chi connectivity index (χ3v) is 6.89. The average Bonchev–Trinajstić information content (AvgIpc) is 3.43. The fourth-order valence-electron chi connectivity index (χ4n) is 4.96. The summed E-state index contributed by atoms with van der Waals surface area (Å²) in [4.78, 5) is 37.0. The number of ether oxygens (including phenoxy) is 1. The second kappa shape index (κ2) is 9.83. The minimum absolute atomic E-state index is 0.0249. The van der Waals surface area contributed by atoms with Crippen molar-refractivity contribution in [3.05, 3.63) is 58.1 Å². The molecule has 10 heteroatoms. The number of carbonyl (C=O) groups is 1. The number of benzene rings is 2. The highest BCUT2D eigenvalue weighted by atomic mass is 16.6. The number of esters is 1. The Balaban J connectivity index is 1.44. The minimum atomic E-state index is -0.426. The summed E-state index contributed by atoms with van der Waals surface area (Å²) in [6.07, 6.45) is 5.21. The predicted molar refractivity (Wildman–Crippen MR) is 133 cm³/mol. The molecule has 1 aliphatic heterocycles. The van der Waals surface area contributed by atoms with E-state index >= 15 is 0 Å². The largest absolute Gasteiger partial charge is 0.465 e. The highest BCUT2D eigenvalue weighted by Crippen LogP contribution is 2.31. The molecule has 0 radical (unpaired) electrons. The van der Waals surface area contributed by atoms with Crippen molar-refractivity contribution in [3.8, 4) is 0 Å². The number of hydrogen-bond acceptors (Lipinski definition) is 9. The maximum Gasteiger partial charge on any atom is 0.337 e. The van der Waals surface area contributed by atoms with Crippen LogP contribution in [0.25, 0.3) is 10.9 Å². The molecule has 2 heterocycles. The van der Waals surface area contributed by atoms with Crippen LogP contribution < -0.4 is 10.2 Å². The molecule has 0 atom stereocenters. The zero-order chi connectivity index (χ0) is 24.4. The van der Waals surface area contributed by atoms with Crippen molar-refractivity contribution in [2.75, 3.05) is 43.5 Å². The van der Waals surface area contributed by atoms with Crippen molar-refractivity contribution < 1.29 is 14.5 Å². The number of methoxy groups -OCH3 is 1. The van der Waals surface area contributed by atoms with Gasteiger partial charge in [0.15, 0.2) is 0 Å². The number of nitrogens with one attached hydrogen (secondary N) is 1. The number of rotatable bonds is 6. The van der Waals surface area contributed by atoms with E-state index in [1.807, 2.05) is 0 Å². The molecule has 2 aliphatic rings. The van der Waals surface area contributed by atoms with Gasteiger partial charge in [0.25, 0.3) is 5.69 Å². The quantitative estimate of drug-likeness (QED) is 0.319. The van der Waals surface area contributed by atoms with Crippen LogP contribution in [0.4, 0.5) is 23.1 Å². The van der Waals surface area contributed by atoms with Crippen LogP contribution in [0.2, 0.25) is 0 Å². The first-order valence-corrected chi connectivity index (χ1v) is 11.9. The van der Waals surface area contributed by atoms with Gasteiger partial charge in [0.2, 0.25) is 5.95 Å². The number of non-ortho nitro benzene ring substituents is 1. The first kappa shape index (κ1) is 23.0. The first-order valence-electron chi connectivity index (χ1n) is 11.9. The van der Waals surface area contributed by atoms with E-state index in [1.165, 1.54) is 44.9 Å². The van der Waals surface area contributed by atoms with Crippen molar-refractivity contribution >= 4 is 40.0 Å². The molecule has 0 amide bonds. The number of nitro groups is 1. The molecule has 2 fully saturated rings. The topological polar surface area (TPSA) is 114 Å². The molecule has 182 valence electrons. The van der Waals surface area contributed by atoms with Crippen LogP contribution in [0.5, 0.6) is 0 Å². The summed E-state index contributed by atoms with van der Waals surface area (Å²) >= 11 is 0. The molecule has 2 aromatic carbocycles. The Hall–Kier alpha value is -3.79. The maximum absolute atomic E-state index is 11.7. The Morgan fingerprint density at radius 3 is 2.43 bits per heavy atom. The molecule has 0 bridgehead atoms. The SMILES string of the molecule is COC(=O)c1ccc(Nc2nc(N3CCN(C4CCCC4)CC3)nc3ccc([N+](=O)[O-])cc23)cc1. The van der Waals surface area contributed by atoms with Gasteiger partial charge in [-0.25, -0.2) is 9.78 Å². The Labute approximate surface area is 203 Å². The average molecular weight is 477 g/mol. The summed E-state index contributed by atoms with van der Waals surface area (Å²) in [6, 6.07) is 12.1. The molecule has 1 aliphatic carbocycles. The van der Waals surface area contributed by atoms with Gasteiger partial charge in [-0.1, -0.05) is 12.8 Å². The van der Waals surface area contributed by atoms with Gasteiger partial charge in [-0.2, -0.15) is 4.98 Å². The molecule has 3 aromatic rings. The number of aromatic nitrogens is 2. The standard InChI is InChI=1S/C25H28N6O4/c1-35-24(32)17-6-8-18(9-7-17)26-23-21-16-20(31(33)34)10-11-22(21)27-25(28-23)30-14-12-29(13-15-30)19-4-2-3-5-19/h6-11,16,19H,2-5,12-15H2,1H3,(H,26,27,28). The van der Waals surface area contributed by atoms with Crippen molar-refractivity contribution in [3.63, 3.8) is 0 Å². The molecule has 1 saturated carbocycles. The second-order valence-corrected chi connectivity index (χ2v) is 8.99. The van der Waals surface area contributed by atoms with Crippen LogP contribution in [0, 0.1) is 10.1 Å². The molecule has 1 N–H and O–H groups in total. The summed E-state index contributed by atoms with van der Waals surface area (Å²) in [7, 11) is 1.34. The Morgan fingerprint density at radius 2 is 1.77 bits per heavy atom. The van der Waals surface area contributed by atoms with E-state index in [-0.39, 0.29) is 5.69 Å². The number of hydrogen-bond donors (Lipinski definition) is 1. The number of piperazine rings is 1. The summed E-state index contributed by atoms with van der Waals surface area (Å²) in [5.41, 5.74) is 1.74. The van der Waals surface area contributed by atoms with Gasteiger partial charge in [0, 0.05) is 55.4 Å². The molecule has 1 saturated heterocycles. The maximum atomic E-state index is 11.7. The fraction of sp³-hybridized carbons (Fsp3) is 0.400. The molecule has 5 rings (SSSR count). The monoisotopic (exact) mass is 476 g/mol. The van der Waals surface area contributed by atoms with Crippen molar-refractivity contribution in [2.24, 2.45) is 0 Å². The highest BCUT2D eigenvalue weighted by molar-refractivity contribution is 5.94. The lowest BCUT2D eigenvalue weighted by atomic mass is 10.1. The molecule has 35 heavy (non-hydrogen) atoms. The predicted octanol–water partition coefficient (Wildman–Crippen LogP) is 4.13. The van der Waals surface area contributed by atoms with Gasteiger partial charge < -0.3 is 15.0 Å². The third-order valence-electron chi connectivity index (χ3n) is 6.89. The van der Waals surface area contributed by atoms with Crippen LogP contribution in [-0.4, -0.2) is 65.1 Å². The van der Waals surface area contributed by atoms with Crippen LogP contribution in [0.3, 0.4) is 0 Å². The number of anilines is 3. The molecule has 1 aromatic heterocycles. The fourth-order valence-corrected chi connectivity index (χ4v) is 4.96. The molecule has 10 nitrogen and oxygen atoms in total. The van der Waals surface area contributed by atoms with Crippen LogP contribution >= 0.6 is 0 Å². The van der Waals surface area contributed by atoms with E-state index in [0.717, 1.165) is 26.2 Å². The van der Waals surface area contributed by atoms with E-state index in [2.05, 4.69) is 15.1 Å². The lowest BCUT2D eigenvalue weighted by molar-refractivity contribution is -0.384. The van der Waals surface area contributed by atoms with Gasteiger partial charge in [0.1, 0.15) is 5.82 Å². The normalized spacial score (nSPS) is 17.0.